The molecule has 0 spiro atoms. The Balaban J connectivity index is 1.87. The molecule has 0 unspecified atom stereocenters. The number of hydrogen-bond acceptors (Lipinski definition) is 3. The minimum absolute atomic E-state index is 0.351. The van der Waals surface area contributed by atoms with E-state index in [-0.39, 0.29) is 11.7 Å². The van der Waals surface area contributed by atoms with Gasteiger partial charge in [-0.25, -0.2) is 9.59 Å². The van der Waals surface area contributed by atoms with Gasteiger partial charge in [0.25, 0.3) is 0 Å². The monoisotopic (exact) mass is 350 g/mol. The van der Waals surface area contributed by atoms with Crippen molar-refractivity contribution < 1.29 is 4.79 Å². The van der Waals surface area contributed by atoms with Crippen LogP contribution in [0.2, 0.25) is 0 Å². The number of para-hydroxylation sites is 1. The molecule has 26 heavy (non-hydrogen) atoms. The lowest BCUT2D eigenvalue weighted by Crippen LogP contribution is -2.33. The summed E-state index contributed by atoms with van der Waals surface area (Å²) < 4.78 is 1.54. The smallest absolute Gasteiger partial charge is 0.334 e. The third kappa shape index (κ3) is 4.08. The maximum atomic E-state index is 12.4. The van der Waals surface area contributed by atoms with E-state index in [1.165, 1.54) is 4.57 Å². The summed E-state index contributed by atoms with van der Waals surface area (Å²) in [6.07, 6.45) is 1.78. The molecule has 2 N–H and O–H groups in total. The highest BCUT2D eigenvalue weighted by molar-refractivity contribution is 5.98. The summed E-state index contributed by atoms with van der Waals surface area (Å²) >= 11 is 0. The number of nitrogens with one attached hydrogen (secondary N) is 2. The van der Waals surface area contributed by atoms with E-state index in [0.717, 1.165) is 23.8 Å². The first-order valence-electron chi connectivity index (χ1n) is 8.77. The maximum Gasteiger partial charge on any atom is 0.349 e. The van der Waals surface area contributed by atoms with Gasteiger partial charge in [0, 0.05) is 18.5 Å². The predicted octanol–water partition coefficient (Wildman–Crippen LogP) is 3.52. The van der Waals surface area contributed by atoms with Crippen molar-refractivity contribution in [3.05, 3.63) is 70.6 Å². The molecule has 0 aliphatic heterocycles. The number of aromatic nitrogens is 2. The van der Waals surface area contributed by atoms with Crippen molar-refractivity contribution in [1.82, 2.24) is 14.9 Å². The second kappa shape index (κ2) is 8.29. The molecule has 3 aromatic rings. The number of urea groups is 1. The van der Waals surface area contributed by atoms with Gasteiger partial charge >= 0.3 is 11.7 Å². The Hall–Kier alpha value is -3.15. The van der Waals surface area contributed by atoms with Gasteiger partial charge in [-0.15, -0.1) is 0 Å². The number of anilines is 1. The number of amides is 2. The molecule has 1 heterocycles. The average molecular weight is 350 g/mol. The number of benzene rings is 2. The van der Waals surface area contributed by atoms with E-state index in [1.54, 1.807) is 6.07 Å². The molecular weight excluding hydrogens is 328 g/mol. The Morgan fingerprint density at radius 1 is 1.08 bits per heavy atom. The minimum Gasteiger partial charge on any atom is -0.334 e. The lowest BCUT2D eigenvalue weighted by Gasteiger charge is -2.16. The number of carbonyl (C=O) groups is 1. The van der Waals surface area contributed by atoms with Crippen molar-refractivity contribution in [2.75, 3.05) is 5.32 Å². The van der Waals surface area contributed by atoms with Crippen LogP contribution >= 0.6 is 0 Å². The molecule has 2 aromatic carbocycles. The zero-order valence-corrected chi connectivity index (χ0v) is 14.7. The molecule has 2 amide bonds. The van der Waals surface area contributed by atoms with Gasteiger partial charge in [-0.05, 0) is 24.1 Å². The van der Waals surface area contributed by atoms with Crippen LogP contribution in [0.5, 0.6) is 0 Å². The average Bonchev–Trinajstić information content (AvgIpc) is 2.66. The first-order chi connectivity index (χ1) is 12.7. The van der Waals surface area contributed by atoms with E-state index >= 15 is 0 Å². The Morgan fingerprint density at radius 3 is 2.58 bits per heavy atom. The minimum atomic E-state index is -0.352. The van der Waals surface area contributed by atoms with Crippen LogP contribution in [-0.2, 0) is 13.1 Å². The molecule has 1 aromatic heterocycles. The van der Waals surface area contributed by atoms with Crippen LogP contribution in [0.4, 0.5) is 10.6 Å². The standard InChI is InChI=1S/C20H22N4O2/c1-2-3-13-24-18(16-11-7-8-12-17(16)22-20(24)26)23-19(25)21-14-15-9-5-4-6-10-15/h4-12H,2-3,13-14H2,1H3,(H2,21,23,25). The van der Waals surface area contributed by atoms with Crippen LogP contribution in [0.3, 0.4) is 0 Å². The van der Waals surface area contributed by atoms with Gasteiger partial charge in [0.2, 0.25) is 0 Å². The van der Waals surface area contributed by atoms with Crippen LogP contribution in [0, 0.1) is 0 Å². The summed E-state index contributed by atoms with van der Waals surface area (Å²) in [6.45, 7) is 2.98. The summed E-state index contributed by atoms with van der Waals surface area (Å²) in [5.74, 6) is 0.486. The topological polar surface area (TPSA) is 76.0 Å². The van der Waals surface area contributed by atoms with Crippen molar-refractivity contribution in [3.8, 4) is 0 Å². The largest absolute Gasteiger partial charge is 0.349 e. The summed E-state index contributed by atoms with van der Waals surface area (Å²) in [4.78, 5) is 28.9. The van der Waals surface area contributed by atoms with E-state index in [2.05, 4.69) is 22.5 Å². The molecule has 0 saturated carbocycles. The zero-order chi connectivity index (χ0) is 18.4. The maximum absolute atomic E-state index is 12.4. The molecule has 3 rings (SSSR count). The van der Waals surface area contributed by atoms with Crippen LogP contribution in [0.25, 0.3) is 10.9 Å². The molecule has 0 aliphatic rings. The van der Waals surface area contributed by atoms with Crippen LogP contribution < -0.4 is 16.3 Å². The Morgan fingerprint density at radius 2 is 1.81 bits per heavy atom. The normalized spacial score (nSPS) is 10.7. The molecule has 0 saturated heterocycles. The number of nitrogens with zero attached hydrogens (tertiary/aromatic N) is 2. The van der Waals surface area contributed by atoms with E-state index in [0.29, 0.717) is 24.4 Å². The number of hydrogen-bond donors (Lipinski definition) is 2. The van der Waals surface area contributed by atoms with Crippen molar-refractivity contribution in [2.24, 2.45) is 0 Å². The number of fused-ring (bicyclic) bond motifs is 1. The fourth-order valence-corrected chi connectivity index (χ4v) is 2.76. The van der Waals surface area contributed by atoms with Crippen molar-refractivity contribution in [2.45, 2.75) is 32.9 Å². The Labute approximate surface area is 151 Å². The van der Waals surface area contributed by atoms with Crippen molar-refractivity contribution in [1.29, 1.82) is 0 Å². The number of rotatable bonds is 6. The first-order valence-corrected chi connectivity index (χ1v) is 8.77. The van der Waals surface area contributed by atoms with E-state index in [4.69, 9.17) is 0 Å². The molecule has 0 radical (unpaired) electrons. The van der Waals surface area contributed by atoms with Gasteiger partial charge in [0.1, 0.15) is 5.82 Å². The molecule has 0 aliphatic carbocycles. The van der Waals surface area contributed by atoms with Gasteiger partial charge in [-0.3, -0.25) is 9.88 Å². The third-order valence-electron chi connectivity index (χ3n) is 4.14. The van der Waals surface area contributed by atoms with Crippen LogP contribution in [0.1, 0.15) is 25.3 Å². The van der Waals surface area contributed by atoms with Gasteiger partial charge in [-0.1, -0.05) is 55.8 Å². The molecule has 134 valence electrons. The first kappa shape index (κ1) is 17.7. The molecule has 6 heteroatoms. The van der Waals surface area contributed by atoms with E-state index in [1.807, 2.05) is 48.5 Å². The van der Waals surface area contributed by atoms with Gasteiger partial charge in [0.15, 0.2) is 0 Å². The Kier molecular flexibility index (Phi) is 5.63. The second-order valence-corrected chi connectivity index (χ2v) is 6.06. The lowest BCUT2D eigenvalue weighted by atomic mass is 10.2. The third-order valence-corrected chi connectivity index (χ3v) is 4.14. The lowest BCUT2D eigenvalue weighted by molar-refractivity contribution is 0.251. The highest BCUT2D eigenvalue weighted by atomic mass is 16.2. The SMILES string of the molecule is CCCCn1c(NC(=O)NCc2ccccc2)c2ccccc2nc1=O. The zero-order valence-electron chi connectivity index (χ0n) is 14.7. The molecule has 0 atom stereocenters. The predicted molar refractivity (Wildman–Crippen MR) is 103 cm³/mol. The summed E-state index contributed by atoms with van der Waals surface area (Å²) in [5.41, 5.74) is 1.23. The van der Waals surface area contributed by atoms with E-state index < -0.39 is 0 Å². The number of unbranched alkanes of at least 4 members (excludes halogenated alkanes) is 1. The molecule has 6 nitrogen and oxygen atoms in total. The molecular formula is C20H22N4O2. The molecule has 0 bridgehead atoms. The molecule has 0 fully saturated rings. The summed E-state index contributed by atoms with van der Waals surface area (Å²) in [5, 5.41) is 6.42. The quantitative estimate of drug-likeness (QED) is 0.714. The van der Waals surface area contributed by atoms with Gasteiger partial charge < -0.3 is 5.32 Å². The highest BCUT2D eigenvalue weighted by Crippen LogP contribution is 2.20. The van der Waals surface area contributed by atoms with Crippen molar-refractivity contribution in [3.63, 3.8) is 0 Å². The van der Waals surface area contributed by atoms with Crippen LogP contribution in [0.15, 0.2) is 59.4 Å². The summed E-state index contributed by atoms with van der Waals surface area (Å²) in [7, 11) is 0. The van der Waals surface area contributed by atoms with Gasteiger partial charge in [-0.2, -0.15) is 4.98 Å². The fourth-order valence-electron chi connectivity index (χ4n) is 2.76. The second-order valence-electron chi connectivity index (χ2n) is 6.06. The summed E-state index contributed by atoms with van der Waals surface area (Å²) in [6, 6.07) is 16.6. The van der Waals surface area contributed by atoms with Crippen molar-refractivity contribution >= 4 is 22.8 Å². The van der Waals surface area contributed by atoms with Gasteiger partial charge in [0.05, 0.1) is 5.52 Å². The number of carbonyl (C=O) groups excluding carboxylic acids is 1. The fraction of sp³-hybridized carbons (Fsp3) is 0.250. The Bertz CT molecular complexity index is 951. The van der Waals surface area contributed by atoms with E-state index in [9.17, 15) is 9.59 Å². The highest BCUT2D eigenvalue weighted by Gasteiger charge is 2.13. The van der Waals surface area contributed by atoms with Crippen LogP contribution in [-0.4, -0.2) is 15.6 Å².